The van der Waals surface area contributed by atoms with Gasteiger partial charge < -0.3 is 9.13 Å². The predicted molar refractivity (Wildman–Crippen MR) is 277 cm³/mol. The Kier molecular flexibility index (Phi) is 8.45. The Labute approximate surface area is 376 Å². The Hall–Kier alpha value is -7.76. The molecule has 0 radical (unpaired) electrons. The van der Waals surface area contributed by atoms with Crippen LogP contribution in [-0.2, 0) is 0 Å². The molecule has 0 spiro atoms. The molecule has 0 amide bonds. The Morgan fingerprint density at radius 1 is 0.297 bits per heavy atom. The molecule has 10 aromatic carbocycles. The average molecular weight is 849 g/mol. The van der Waals surface area contributed by atoms with Crippen LogP contribution in [0.4, 0.5) is 0 Å². The summed E-state index contributed by atoms with van der Waals surface area (Å²) in [6, 6.07) is 90.4. The molecule has 13 rings (SSSR count). The molecule has 64 heavy (non-hydrogen) atoms. The molecule has 0 fully saturated rings. The van der Waals surface area contributed by atoms with Crippen molar-refractivity contribution < 1.29 is 0 Å². The van der Waals surface area contributed by atoms with Gasteiger partial charge in [0.2, 0.25) is 0 Å². The van der Waals surface area contributed by atoms with E-state index < -0.39 is 8.07 Å². The Balaban J connectivity index is 1.05. The predicted octanol–water partition coefficient (Wildman–Crippen LogP) is 13.3. The Morgan fingerprint density at radius 3 is 1.48 bits per heavy atom. The molecule has 13 aromatic rings. The zero-order valence-electron chi connectivity index (χ0n) is 34.9. The minimum atomic E-state index is -2.75. The molecule has 0 N–H and O–H groups in total. The van der Waals surface area contributed by atoms with Gasteiger partial charge in [0.05, 0.1) is 22.1 Å². The van der Waals surface area contributed by atoms with E-state index in [4.69, 9.17) is 0 Å². The van der Waals surface area contributed by atoms with E-state index in [9.17, 15) is 0 Å². The summed E-state index contributed by atoms with van der Waals surface area (Å²) < 4.78 is 7.63. The second kappa shape index (κ2) is 14.7. The van der Waals surface area contributed by atoms with Crippen LogP contribution in [0, 0.1) is 0 Å². The fraction of sp³-hybridized carbons (Fsp3) is 0. The third kappa shape index (κ3) is 5.43. The molecule has 3 heterocycles. The lowest BCUT2D eigenvalue weighted by molar-refractivity contribution is 1.17. The number of fused-ring (bicyclic) bond motifs is 9. The standard InChI is InChI=1S/C60H40N2SSi/c1-4-20-43(21-5-1)64(44-22-6-2-7-23-44,45-24-8-3-9-25-45)46-26-16-19-41(39-46)61-54-33-13-11-28-48(54)53-40-42(37-38-56(53)61)62-55-34-14-10-27-47(55)50-31-17-32-51(60(50)62)49-30-18-36-58-59(49)52-29-12-15-35-57(52)63-58/h1-40H. The number of hydrogen-bond donors (Lipinski definition) is 0. The fourth-order valence-corrected chi connectivity index (χ4v) is 16.7. The monoisotopic (exact) mass is 848 g/mol. The van der Waals surface area contributed by atoms with Crippen LogP contribution in [0.1, 0.15) is 0 Å². The van der Waals surface area contributed by atoms with E-state index in [1.807, 2.05) is 11.3 Å². The molecular weight excluding hydrogens is 809 g/mol. The van der Waals surface area contributed by atoms with Crippen LogP contribution >= 0.6 is 11.3 Å². The molecule has 0 saturated heterocycles. The molecule has 0 bridgehead atoms. The minimum Gasteiger partial charge on any atom is -0.309 e. The number of para-hydroxylation sites is 3. The summed E-state index contributed by atoms with van der Waals surface area (Å²) in [5, 5.41) is 13.1. The van der Waals surface area contributed by atoms with Crippen LogP contribution in [0.25, 0.3) is 86.3 Å². The first-order valence-corrected chi connectivity index (χ1v) is 24.8. The van der Waals surface area contributed by atoms with Crippen molar-refractivity contribution in [2.24, 2.45) is 0 Å². The lowest BCUT2D eigenvalue weighted by Crippen LogP contribution is -2.74. The van der Waals surface area contributed by atoms with Crippen molar-refractivity contribution in [3.05, 3.63) is 243 Å². The lowest BCUT2D eigenvalue weighted by atomic mass is 9.97. The molecular formula is C60H40N2SSi. The van der Waals surface area contributed by atoms with Crippen molar-refractivity contribution in [3.8, 4) is 22.5 Å². The highest BCUT2D eigenvalue weighted by Crippen LogP contribution is 2.45. The zero-order valence-corrected chi connectivity index (χ0v) is 36.7. The van der Waals surface area contributed by atoms with Crippen LogP contribution in [-0.4, -0.2) is 17.2 Å². The summed E-state index contributed by atoms with van der Waals surface area (Å²) in [5.41, 5.74) is 9.62. The number of thiophene rings is 1. The van der Waals surface area contributed by atoms with E-state index in [0.29, 0.717) is 0 Å². The van der Waals surface area contributed by atoms with Crippen molar-refractivity contribution in [1.29, 1.82) is 0 Å². The summed E-state index contributed by atoms with van der Waals surface area (Å²) in [6.45, 7) is 0. The Morgan fingerprint density at radius 2 is 0.781 bits per heavy atom. The average Bonchev–Trinajstić information content (AvgIpc) is 4.03. The quantitative estimate of drug-likeness (QED) is 0.112. The van der Waals surface area contributed by atoms with Gasteiger partial charge in [-0.25, -0.2) is 0 Å². The van der Waals surface area contributed by atoms with Crippen LogP contribution in [0.3, 0.4) is 0 Å². The maximum absolute atomic E-state index is 2.75. The van der Waals surface area contributed by atoms with Crippen molar-refractivity contribution >= 4 is 104 Å². The van der Waals surface area contributed by atoms with Gasteiger partial charge in [0.1, 0.15) is 0 Å². The van der Waals surface area contributed by atoms with Gasteiger partial charge in [0, 0.05) is 58.7 Å². The third-order valence-corrected chi connectivity index (χ3v) is 19.4. The van der Waals surface area contributed by atoms with Crippen molar-refractivity contribution in [3.63, 3.8) is 0 Å². The molecule has 300 valence electrons. The minimum absolute atomic E-state index is 1.15. The first-order valence-electron chi connectivity index (χ1n) is 22.0. The van der Waals surface area contributed by atoms with Gasteiger partial charge in [-0.3, -0.25) is 0 Å². The molecule has 2 nitrogen and oxygen atoms in total. The normalized spacial score (nSPS) is 12.1. The topological polar surface area (TPSA) is 9.86 Å². The van der Waals surface area contributed by atoms with Gasteiger partial charge in [0.15, 0.2) is 8.07 Å². The van der Waals surface area contributed by atoms with Gasteiger partial charge in [-0.15, -0.1) is 11.3 Å². The number of hydrogen-bond acceptors (Lipinski definition) is 1. The largest absolute Gasteiger partial charge is 0.309 e. The maximum atomic E-state index is 2.51. The SMILES string of the molecule is c1ccc([Si](c2ccccc2)(c2ccccc2)c2cccc(-n3c4ccccc4c4cc(-n5c6ccccc6c6cccc(-c7cccc8sc9ccccc9c78)c65)ccc43)c2)cc1. The lowest BCUT2D eigenvalue weighted by Gasteiger charge is -2.34. The van der Waals surface area contributed by atoms with E-state index >= 15 is 0 Å². The van der Waals surface area contributed by atoms with Crippen molar-refractivity contribution in [2.75, 3.05) is 0 Å². The first-order chi connectivity index (χ1) is 31.8. The number of aromatic nitrogens is 2. The molecule has 3 aromatic heterocycles. The third-order valence-electron chi connectivity index (χ3n) is 13.5. The molecule has 0 aliphatic heterocycles. The zero-order chi connectivity index (χ0) is 42.2. The van der Waals surface area contributed by atoms with Gasteiger partial charge in [0.25, 0.3) is 0 Å². The van der Waals surface area contributed by atoms with E-state index in [1.165, 1.54) is 95.7 Å². The van der Waals surface area contributed by atoms with Crippen LogP contribution < -0.4 is 20.7 Å². The Bertz CT molecular complexity index is 3800. The van der Waals surface area contributed by atoms with Gasteiger partial charge in [-0.2, -0.15) is 0 Å². The molecule has 0 aliphatic carbocycles. The number of nitrogens with zero attached hydrogens (tertiary/aromatic N) is 2. The molecule has 0 atom stereocenters. The van der Waals surface area contributed by atoms with Crippen LogP contribution in [0.15, 0.2) is 243 Å². The van der Waals surface area contributed by atoms with Gasteiger partial charge in [-0.05, 0) is 80.9 Å². The van der Waals surface area contributed by atoms with Crippen molar-refractivity contribution in [1.82, 2.24) is 9.13 Å². The van der Waals surface area contributed by atoms with Gasteiger partial charge in [-0.1, -0.05) is 188 Å². The summed E-state index contributed by atoms with van der Waals surface area (Å²) in [5.74, 6) is 0. The van der Waals surface area contributed by atoms with Crippen molar-refractivity contribution in [2.45, 2.75) is 0 Å². The smallest absolute Gasteiger partial charge is 0.179 e. The molecule has 4 heteroatoms. The highest BCUT2D eigenvalue weighted by molar-refractivity contribution is 7.26. The second-order valence-corrected chi connectivity index (χ2v) is 21.7. The summed E-state index contributed by atoms with van der Waals surface area (Å²) in [6.07, 6.45) is 0. The maximum Gasteiger partial charge on any atom is 0.179 e. The second-order valence-electron chi connectivity index (χ2n) is 16.8. The molecule has 0 saturated carbocycles. The van der Waals surface area contributed by atoms with Gasteiger partial charge >= 0.3 is 0 Å². The summed E-state index contributed by atoms with van der Waals surface area (Å²) in [7, 11) is -2.75. The number of rotatable bonds is 7. The number of benzene rings is 10. The highest BCUT2D eigenvalue weighted by atomic mass is 32.1. The fourth-order valence-electron chi connectivity index (χ4n) is 10.8. The van der Waals surface area contributed by atoms with Crippen LogP contribution in [0.5, 0.6) is 0 Å². The molecule has 0 aliphatic rings. The van der Waals surface area contributed by atoms with E-state index in [0.717, 1.165) is 11.4 Å². The first kappa shape index (κ1) is 36.9. The molecule has 0 unspecified atom stereocenters. The summed E-state index contributed by atoms with van der Waals surface area (Å²) >= 11 is 1.88. The highest BCUT2D eigenvalue weighted by Gasteiger charge is 2.41. The van der Waals surface area contributed by atoms with Crippen LogP contribution in [0.2, 0.25) is 0 Å². The summed E-state index contributed by atoms with van der Waals surface area (Å²) in [4.78, 5) is 0. The van der Waals surface area contributed by atoms with E-state index in [-0.39, 0.29) is 0 Å². The van der Waals surface area contributed by atoms with E-state index in [2.05, 4.69) is 252 Å². The van der Waals surface area contributed by atoms with E-state index in [1.54, 1.807) is 0 Å².